The highest BCUT2D eigenvalue weighted by atomic mass is 19.4. The lowest BCUT2D eigenvalue weighted by molar-refractivity contribution is -0.213. The molecule has 1 aliphatic heterocycles. The Bertz CT molecular complexity index is 282. The monoisotopic (exact) mass is 207 g/mol. The number of rotatable bonds is 1. The fourth-order valence-corrected chi connectivity index (χ4v) is 1.48. The van der Waals surface area contributed by atoms with Crippen molar-refractivity contribution in [3.63, 3.8) is 0 Å². The van der Waals surface area contributed by atoms with Crippen LogP contribution in [0.1, 0.15) is 13.3 Å². The van der Waals surface area contributed by atoms with Crippen molar-refractivity contribution in [1.82, 2.24) is 0 Å². The van der Waals surface area contributed by atoms with Crippen LogP contribution in [-0.4, -0.2) is 18.6 Å². The molecule has 0 saturated carbocycles. The molecule has 0 radical (unpaired) electrons. The molecule has 1 rings (SSSR count). The van der Waals surface area contributed by atoms with Crippen molar-refractivity contribution >= 4 is 6.21 Å². The second-order valence-corrected chi connectivity index (χ2v) is 3.26. The third-order valence-electron chi connectivity index (χ3n) is 2.45. The molecule has 6 heteroatoms. The van der Waals surface area contributed by atoms with E-state index in [1.165, 1.54) is 6.92 Å². The van der Waals surface area contributed by atoms with E-state index in [0.717, 1.165) is 12.3 Å². The van der Waals surface area contributed by atoms with Crippen LogP contribution < -0.4 is 11.5 Å². The van der Waals surface area contributed by atoms with Crippen molar-refractivity contribution in [3.05, 3.63) is 11.8 Å². The predicted octanol–water partition coefficient (Wildman–Crippen LogP) is 1.16. The summed E-state index contributed by atoms with van der Waals surface area (Å²) < 4.78 is 38.3. The quantitative estimate of drug-likeness (QED) is 0.677. The fraction of sp³-hybridized carbons (Fsp3) is 0.625. The Balaban J connectivity index is 3.17. The summed E-state index contributed by atoms with van der Waals surface area (Å²) in [4.78, 5) is 3.54. The van der Waals surface area contributed by atoms with Gasteiger partial charge in [0.1, 0.15) is 11.6 Å². The molecule has 0 bridgehead atoms. The number of dihydropyridines is 1. The van der Waals surface area contributed by atoms with Gasteiger partial charge in [-0.25, -0.2) is 0 Å². The Morgan fingerprint density at radius 1 is 1.57 bits per heavy atom. The maximum Gasteiger partial charge on any atom is 0.401 e. The number of nitrogens with zero attached hydrogens (tertiary/aromatic N) is 1. The van der Waals surface area contributed by atoms with Gasteiger partial charge >= 0.3 is 6.18 Å². The molecular formula is C8H12F3N3. The highest BCUT2D eigenvalue weighted by molar-refractivity contribution is 5.78. The van der Waals surface area contributed by atoms with Gasteiger partial charge in [0, 0.05) is 11.9 Å². The van der Waals surface area contributed by atoms with Crippen LogP contribution in [-0.2, 0) is 0 Å². The Kier molecular flexibility index (Phi) is 2.58. The third kappa shape index (κ3) is 1.50. The first-order valence-electron chi connectivity index (χ1n) is 4.17. The SMILES string of the molecule is CCC1(C(F)(F)F)C=C(N)C=NC1N. The van der Waals surface area contributed by atoms with Crippen molar-refractivity contribution in [1.29, 1.82) is 0 Å². The fourth-order valence-electron chi connectivity index (χ4n) is 1.48. The van der Waals surface area contributed by atoms with Gasteiger partial charge in [0.25, 0.3) is 0 Å². The molecular weight excluding hydrogens is 195 g/mol. The summed E-state index contributed by atoms with van der Waals surface area (Å²) in [5, 5.41) is 0. The van der Waals surface area contributed by atoms with Gasteiger partial charge in [-0.2, -0.15) is 13.2 Å². The van der Waals surface area contributed by atoms with E-state index in [0.29, 0.717) is 0 Å². The lowest BCUT2D eigenvalue weighted by Gasteiger charge is -2.37. The molecule has 0 aromatic heterocycles. The smallest absolute Gasteiger partial charge is 0.398 e. The number of hydrogen-bond donors (Lipinski definition) is 2. The van der Waals surface area contributed by atoms with Crippen molar-refractivity contribution in [2.75, 3.05) is 0 Å². The second-order valence-electron chi connectivity index (χ2n) is 3.26. The number of alkyl halides is 3. The number of hydrogen-bond acceptors (Lipinski definition) is 3. The Labute approximate surface area is 79.7 Å². The van der Waals surface area contributed by atoms with E-state index in [4.69, 9.17) is 11.5 Å². The molecule has 80 valence electrons. The maximum absolute atomic E-state index is 12.8. The van der Waals surface area contributed by atoms with Gasteiger partial charge in [0.15, 0.2) is 0 Å². The molecule has 0 saturated heterocycles. The van der Waals surface area contributed by atoms with E-state index in [-0.39, 0.29) is 12.1 Å². The number of aliphatic imine (C=N–C) groups is 1. The molecule has 14 heavy (non-hydrogen) atoms. The summed E-state index contributed by atoms with van der Waals surface area (Å²) in [5.74, 6) is 0. The zero-order chi connectivity index (χ0) is 11.0. The minimum absolute atomic E-state index is 0.00544. The average molecular weight is 207 g/mol. The molecule has 1 aliphatic rings. The lowest BCUT2D eigenvalue weighted by atomic mass is 9.79. The molecule has 2 atom stereocenters. The van der Waals surface area contributed by atoms with Crippen molar-refractivity contribution in [3.8, 4) is 0 Å². The Morgan fingerprint density at radius 2 is 2.14 bits per heavy atom. The molecule has 4 N–H and O–H groups in total. The standard InChI is InChI=1S/C8H12F3N3/c1-2-7(8(9,10)11)3-5(12)4-14-6(7)13/h3-4,6H,2,12-13H2,1H3. The molecule has 0 aromatic carbocycles. The highest BCUT2D eigenvalue weighted by Gasteiger charge is 2.56. The molecule has 0 amide bonds. The number of nitrogens with two attached hydrogens (primary N) is 2. The van der Waals surface area contributed by atoms with Crippen LogP contribution in [0.3, 0.4) is 0 Å². The van der Waals surface area contributed by atoms with Crippen molar-refractivity contribution in [2.45, 2.75) is 25.7 Å². The van der Waals surface area contributed by atoms with E-state index in [9.17, 15) is 13.2 Å². The van der Waals surface area contributed by atoms with Gasteiger partial charge in [0.2, 0.25) is 0 Å². The Hall–Kier alpha value is -1.04. The van der Waals surface area contributed by atoms with Gasteiger partial charge in [-0.15, -0.1) is 0 Å². The lowest BCUT2D eigenvalue weighted by Crippen LogP contribution is -2.51. The van der Waals surface area contributed by atoms with Crippen LogP contribution in [0.4, 0.5) is 13.2 Å². The predicted molar refractivity (Wildman–Crippen MR) is 47.5 cm³/mol. The zero-order valence-electron chi connectivity index (χ0n) is 7.67. The number of halogens is 3. The van der Waals surface area contributed by atoms with E-state index in [1.54, 1.807) is 0 Å². The third-order valence-corrected chi connectivity index (χ3v) is 2.45. The second kappa shape index (κ2) is 3.27. The van der Waals surface area contributed by atoms with Crippen LogP contribution in [0.5, 0.6) is 0 Å². The van der Waals surface area contributed by atoms with Gasteiger partial charge < -0.3 is 11.5 Å². The number of allylic oxidation sites excluding steroid dienone is 1. The summed E-state index contributed by atoms with van der Waals surface area (Å²) in [7, 11) is 0. The van der Waals surface area contributed by atoms with Gasteiger partial charge in [0.05, 0.1) is 0 Å². The first-order chi connectivity index (χ1) is 6.33. The molecule has 0 fully saturated rings. The largest absolute Gasteiger partial charge is 0.401 e. The molecule has 3 nitrogen and oxygen atoms in total. The summed E-state index contributed by atoms with van der Waals surface area (Å²) in [5.41, 5.74) is 8.54. The zero-order valence-corrected chi connectivity index (χ0v) is 7.67. The summed E-state index contributed by atoms with van der Waals surface area (Å²) in [6.07, 6.45) is -3.80. The molecule has 0 spiro atoms. The van der Waals surface area contributed by atoms with Gasteiger partial charge in [-0.1, -0.05) is 6.92 Å². The van der Waals surface area contributed by atoms with Crippen molar-refractivity contribution in [2.24, 2.45) is 21.9 Å². The molecule has 0 aromatic rings. The minimum atomic E-state index is -4.43. The van der Waals surface area contributed by atoms with Crippen LogP contribution in [0.2, 0.25) is 0 Å². The molecule has 1 heterocycles. The Morgan fingerprint density at radius 3 is 2.50 bits per heavy atom. The van der Waals surface area contributed by atoms with Crippen LogP contribution in [0.15, 0.2) is 16.8 Å². The van der Waals surface area contributed by atoms with Crippen LogP contribution >= 0.6 is 0 Å². The maximum atomic E-state index is 12.8. The summed E-state index contributed by atoms with van der Waals surface area (Å²) in [6, 6.07) is 0. The average Bonchev–Trinajstić information content (AvgIpc) is 2.07. The molecule has 0 aliphatic carbocycles. The normalized spacial score (nSPS) is 32.9. The van der Waals surface area contributed by atoms with Gasteiger partial charge in [-0.3, -0.25) is 4.99 Å². The van der Waals surface area contributed by atoms with Crippen molar-refractivity contribution < 1.29 is 13.2 Å². The van der Waals surface area contributed by atoms with Crippen LogP contribution in [0.25, 0.3) is 0 Å². The topological polar surface area (TPSA) is 64.4 Å². The highest BCUT2D eigenvalue weighted by Crippen LogP contribution is 2.46. The van der Waals surface area contributed by atoms with E-state index in [2.05, 4.69) is 4.99 Å². The van der Waals surface area contributed by atoms with E-state index >= 15 is 0 Å². The van der Waals surface area contributed by atoms with Crippen LogP contribution in [0, 0.1) is 5.41 Å². The molecule has 2 unspecified atom stereocenters. The van der Waals surface area contributed by atoms with E-state index < -0.39 is 17.8 Å². The van der Waals surface area contributed by atoms with Gasteiger partial charge in [-0.05, 0) is 12.5 Å². The summed E-state index contributed by atoms with van der Waals surface area (Å²) >= 11 is 0. The summed E-state index contributed by atoms with van der Waals surface area (Å²) in [6.45, 7) is 1.41. The minimum Gasteiger partial charge on any atom is -0.398 e. The first kappa shape index (κ1) is 11.0. The van der Waals surface area contributed by atoms with E-state index in [1.807, 2.05) is 0 Å². The first-order valence-corrected chi connectivity index (χ1v) is 4.17.